The monoisotopic (exact) mass is 594 g/mol. The topological polar surface area (TPSA) is 18.5 Å². The van der Waals surface area contributed by atoms with E-state index in [0.717, 1.165) is 30.2 Å². The van der Waals surface area contributed by atoms with Crippen LogP contribution in [-0.2, 0) is 23.4 Å². The van der Waals surface area contributed by atoms with Gasteiger partial charge < -0.3 is 4.74 Å². The van der Waals surface area contributed by atoms with E-state index < -0.39 is 64.3 Å². The van der Waals surface area contributed by atoms with E-state index in [0.29, 0.717) is 23.9 Å². The van der Waals surface area contributed by atoms with E-state index in [1.165, 1.54) is 6.07 Å². The largest absolute Gasteiger partial charge is 0.527 e. The third kappa shape index (κ3) is 6.39. The summed E-state index contributed by atoms with van der Waals surface area (Å²) in [6.07, 6.45) is -14.4. The first kappa shape index (κ1) is 30.1. The highest BCUT2D eigenvalue weighted by molar-refractivity contribution is 5.89. The zero-order valence-electron chi connectivity index (χ0n) is 20.7. The summed E-state index contributed by atoms with van der Waals surface area (Å²) in [6.45, 7) is 1.94. The molecule has 0 fully saturated rings. The first-order valence-electron chi connectivity index (χ1n) is 11.7. The Labute approximate surface area is 224 Å². The van der Waals surface area contributed by atoms with E-state index >= 15 is 4.39 Å². The quantitative estimate of drug-likeness (QED) is 0.189. The molecule has 2 nitrogen and oxygen atoms in total. The highest BCUT2D eigenvalue weighted by atomic mass is 19.4. The number of hydrogen-bond donors (Lipinski definition) is 0. The lowest BCUT2D eigenvalue weighted by Gasteiger charge is -2.22. The van der Waals surface area contributed by atoms with E-state index in [9.17, 15) is 43.9 Å². The van der Waals surface area contributed by atoms with E-state index in [2.05, 4.69) is 9.47 Å². The van der Waals surface area contributed by atoms with Crippen molar-refractivity contribution in [3.8, 4) is 16.9 Å². The zero-order valence-corrected chi connectivity index (χ0v) is 20.7. The SMILES string of the molecule is CCCc1ccc2c(F)c(-c3ccc(C(F)(F)Oc4cc(F)c(C(F)(F)OC(F)(F)F)c(F)c4)cc3)c(F)cc2c1. The molecule has 0 heterocycles. The van der Waals surface area contributed by atoms with E-state index in [-0.39, 0.29) is 23.1 Å². The van der Waals surface area contributed by atoms with Gasteiger partial charge in [0.1, 0.15) is 34.6 Å². The molecule has 0 aliphatic heterocycles. The normalized spacial score (nSPS) is 12.7. The Morgan fingerprint density at radius 3 is 1.85 bits per heavy atom. The summed E-state index contributed by atoms with van der Waals surface area (Å²) < 4.78 is 158. The molecule has 0 saturated heterocycles. The van der Waals surface area contributed by atoms with Crippen molar-refractivity contribution in [1.82, 2.24) is 0 Å². The summed E-state index contributed by atoms with van der Waals surface area (Å²) in [5.41, 5.74) is -3.21. The number of fused-ring (bicyclic) bond motifs is 1. The average Bonchev–Trinajstić information content (AvgIpc) is 2.82. The molecule has 0 saturated carbocycles. The van der Waals surface area contributed by atoms with Crippen molar-refractivity contribution < 1.29 is 57.8 Å². The summed E-state index contributed by atoms with van der Waals surface area (Å²) >= 11 is 0. The fourth-order valence-corrected chi connectivity index (χ4v) is 4.21. The minimum atomic E-state index is -5.98. The summed E-state index contributed by atoms with van der Waals surface area (Å²) in [5.74, 6) is -7.96. The fraction of sp³-hybridized carbons (Fsp3) is 0.214. The second-order valence-electron chi connectivity index (χ2n) is 8.88. The molecular formula is C28H17F11O2. The molecule has 0 aromatic heterocycles. The lowest BCUT2D eigenvalue weighted by Crippen LogP contribution is -2.30. The van der Waals surface area contributed by atoms with E-state index in [1.807, 2.05) is 6.92 Å². The smallest absolute Gasteiger partial charge is 0.429 e. The van der Waals surface area contributed by atoms with Crippen LogP contribution in [0.2, 0.25) is 0 Å². The molecule has 0 unspecified atom stereocenters. The average molecular weight is 594 g/mol. The molecule has 41 heavy (non-hydrogen) atoms. The van der Waals surface area contributed by atoms with E-state index in [1.54, 1.807) is 12.1 Å². The van der Waals surface area contributed by atoms with Gasteiger partial charge in [-0.3, -0.25) is 0 Å². The number of ether oxygens (including phenoxy) is 2. The number of rotatable bonds is 8. The Morgan fingerprint density at radius 2 is 1.29 bits per heavy atom. The number of benzene rings is 4. The molecule has 0 amide bonds. The van der Waals surface area contributed by atoms with Crippen LogP contribution in [0.4, 0.5) is 48.3 Å². The maximum absolute atomic E-state index is 15.2. The highest BCUT2D eigenvalue weighted by Gasteiger charge is 2.50. The van der Waals surface area contributed by atoms with Crippen molar-refractivity contribution >= 4 is 10.8 Å². The van der Waals surface area contributed by atoms with Crippen molar-refractivity contribution in [2.45, 2.75) is 38.3 Å². The third-order valence-electron chi connectivity index (χ3n) is 5.94. The Kier molecular flexibility index (Phi) is 7.96. The van der Waals surface area contributed by atoms with Crippen molar-refractivity contribution in [1.29, 1.82) is 0 Å². The molecule has 0 spiro atoms. The molecule has 218 valence electrons. The van der Waals surface area contributed by atoms with Gasteiger partial charge in [-0.1, -0.05) is 43.7 Å². The summed E-state index contributed by atoms with van der Waals surface area (Å²) in [6, 6.07) is 8.82. The van der Waals surface area contributed by atoms with Crippen LogP contribution in [0.5, 0.6) is 5.75 Å². The van der Waals surface area contributed by atoms with Crippen LogP contribution in [0, 0.1) is 23.3 Å². The van der Waals surface area contributed by atoms with Crippen molar-refractivity contribution in [3.05, 3.63) is 101 Å². The van der Waals surface area contributed by atoms with Gasteiger partial charge in [0.05, 0.1) is 11.1 Å². The third-order valence-corrected chi connectivity index (χ3v) is 5.94. The minimum Gasteiger partial charge on any atom is -0.429 e. The Hall–Kier alpha value is -3.87. The predicted octanol–water partition coefficient (Wildman–Crippen LogP) is 9.73. The van der Waals surface area contributed by atoms with Gasteiger partial charge in [-0.05, 0) is 41.1 Å². The van der Waals surface area contributed by atoms with Gasteiger partial charge in [0.25, 0.3) is 0 Å². The Morgan fingerprint density at radius 1 is 0.683 bits per heavy atom. The highest BCUT2D eigenvalue weighted by Crippen LogP contribution is 2.41. The summed E-state index contributed by atoms with van der Waals surface area (Å²) in [5, 5.41) is 0.400. The van der Waals surface area contributed by atoms with Crippen molar-refractivity contribution in [3.63, 3.8) is 0 Å². The molecule has 13 heteroatoms. The Balaban J connectivity index is 1.61. The maximum Gasteiger partial charge on any atom is 0.527 e. The maximum atomic E-state index is 15.2. The molecule has 0 aliphatic carbocycles. The molecule has 0 N–H and O–H groups in total. The molecule has 0 atom stereocenters. The molecule has 0 bridgehead atoms. The Bertz CT molecular complexity index is 1560. The first-order valence-corrected chi connectivity index (χ1v) is 11.7. The number of halogens is 11. The second kappa shape index (κ2) is 10.8. The van der Waals surface area contributed by atoms with Crippen LogP contribution in [0.15, 0.2) is 60.7 Å². The molecule has 4 aromatic rings. The molecular weight excluding hydrogens is 577 g/mol. The molecule has 0 radical (unpaired) electrons. The predicted molar refractivity (Wildman–Crippen MR) is 125 cm³/mol. The van der Waals surface area contributed by atoms with Crippen molar-refractivity contribution in [2.24, 2.45) is 0 Å². The van der Waals surface area contributed by atoms with Crippen LogP contribution >= 0.6 is 0 Å². The molecule has 4 rings (SSSR count). The fourth-order valence-electron chi connectivity index (χ4n) is 4.21. The van der Waals surface area contributed by atoms with Crippen LogP contribution in [0.25, 0.3) is 21.9 Å². The van der Waals surface area contributed by atoms with Gasteiger partial charge in [0.15, 0.2) is 0 Å². The van der Waals surface area contributed by atoms with Gasteiger partial charge >= 0.3 is 18.6 Å². The van der Waals surface area contributed by atoms with Gasteiger partial charge in [-0.25, -0.2) is 22.3 Å². The van der Waals surface area contributed by atoms with Crippen LogP contribution in [0.1, 0.15) is 30.0 Å². The van der Waals surface area contributed by atoms with Crippen LogP contribution in [0.3, 0.4) is 0 Å². The summed E-state index contributed by atoms with van der Waals surface area (Å²) in [4.78, 5) is 0. The van der Waals surface area contributed by atoms with Crippen LogP contribution in [-0.4, -0.2) is 6.36 Å². The lowest BCUT2D eigenvalue weighted by molar-refractivity contribution is -0.432. The number of hydrogen-bond acceptors (Lipinski definition) is 2. The number of aryl methyl sites for hydroxylation is 1. The lowest BCUT2D eigenvalue weighted by atomic mass is 9.96. The van der Waals surface area contributed by atoms with Gasteiger partial charge in [0.2, 0.25) is 0 Å². The summed E-state index contributed by atoms with van der Waals surface area (Å²) in [7, 11) is 0. The van der Waals surface area contributed by atoms with Crippen molar-refractivity contribution in [2.75, 3.05) is 0 Å². The molecule has 4 aromatic carbocycles. The zero-order chi connectivity index (χ0) is 30.3. The number of alkyl halides is 7. The molecule has 0 aliphatic rings. The minimum absolute atomic E-state index is 0.0951. The second-order valence-corrected chi connectivity index (χ2v) is 8.88. The standard InChI is InChI=1S/C28H17F11O2/c1-2-3-14-4-9-19-16(10-14)11-20(29)23(25(19)32)15-5-7-17(8-6-15)26(33,34)40-18-12-21(30)24(22(31)13-18)27(35,36)41-28(37,38)39/h4-13H,2-3H2,1H3. The first-order chi connectivity index (χ1) is 19.0. The van der Waals surface area contributed by atoms with E-state index in [4.69, 9.17) is 0 Å². The van der Waals surface area contributed by atoms with Crippen LogP contribution < -0.4 is 4.74 Å². The van der Waals surface area contributed by atoms with Gasteiger partial charge in [-0.15, -0.1) is 13.2 Å². The van der Waals surface area contributed by atoms with Gasteiger partial charge in [-0.2, -0.15) is 17.6 Å². The van der Waals surface area contributed by atoms with Gasteiger partial charge in [0, 0.05) is 17.5 Å².